The van der Waals surface area contributed by atoms with Crippen molar-refractivity contribution in [2.45, 2.75) is 35.4 Å². The topological polar surface area (TPSA) is 107 Å². The van der Waals surface area contributed by atoms with Crippen LogP contribution in [0.1, 0.15) is 24.0 Å². The molecule has 2 amide bonds. The molecule has 9 nitrogen and oxygen atoms in total. The fraction of sp³-hybridized carbons (Fsp3) is 0.310. The van der Waals surface area contributed by atoms with Gasteiger partial charge in [0, 0.05) is 20.1 Å². The van der Waals surface area contributed by atoms with E-state index in [0.717, 1.165) is 11.1 Å². The second-order valence-corrected chi connectivity index (χ2v) is 12.0. The van der Waals surface area contributed by atoms with Crippen molar-refractivity contribution in [2.24, 2.45) is 0 Å². The molecule has 3 aromatic carbocycles. The molecule has 0 unspecified atom stereocenters. The standard InChI is InChI=1S/C29H29N3O6S/c1-30-19-26(34)31-25(27(30)35)18-29(20-12-14-21(15-13-20)38-17-7-16-33)23-10-5-6-11-24(23)32(28(29)31)39(36,37)22-8-3-2-4-9-22/h2-6,8-15,25,28,33H,7,16-19H2,1H3/t25-,28-,29-/m0/s1. The molecule has 10 heteroatoms. The highest BCUT2D eigenvalue weighted by molar-refractivity contribution is 7.92. The summed E-state index contributed by atoms with van der Waals surface area (Å²) in [4.78, 5) is 30.0. The maximum atomic E-state index is 14.3. The summed E-state index contributed by atoms with van der Waals surface area (Å²) in [6.45, 7) is 0.273. The highest BCUT2D eigenvalue weighted by atomic mass is 32.2. The van der Waals surface area contributed by atoms with E-state index in [2.05, 4.69) is 0 Å². The molecule has 3 atom stereocenters. The van der Waals surface area contributed by atoms with Crippen molar-refractivity contribution >= 4 is 27.5 Å². The predicted octanol–water partition coefficient (Wildman–Crippen LogP) is 2.34. The second-order valence-electron chi connectivity index (χ2n) is 10.1. The summed E-state index contributed by atoms with van der Waals surface area (Å²) in [7, 11) is -2.51. The average molecular weight is 548 g/mol. The number of anilines is 1. The smallest absolute Gasteiger partial charge is 0.266 e. The molecular formula is C29H29N3O6S. The van der Waals surface area contributed by atoms with E-state index in [-0.39, 0.29) is 36.3 Å². The van der Waals surface area contributed by atoms with Crippen LogP contribution in [0.25, 0.3) is 0 Å². The van der Waals surface area contributed by atoms with Gasteiger partial charge in [0.25, 0.3) is 10.0 Å². The summed E-state index contributed by atoms with van der Waals surface area (Å²) in [5.41, 5.74) is 1.05. The van der Waals surface area contributed by atoms with E-state index >= 15 is 0 Å². The first-order valence-electron chi connectivity index (χ1n) is 12.9. The Bertz CT molecular complexity index is 1530. The molecule has 3 heterocycles. The molecule has 39 heavy (non-hydrogen) atoms. The van der Waals surface area contributed by atoms with Gasteiger partial charge in [-0.25, -0.2) is 12.7 Å². The molecule has 2 fully saturated rings. The minimum absolute atomic E-state index is 0.0269. The first-order chi connectivity index (χ1) is 18.8. The largest absolute Gasteiger partial charge is 0.494 e. The molecule has 0 radical (unpaired) electrons. The van der Waals surface area contributed by atoms with Crippen LogP contribution in [0, 0.1) is 0 Å². The Balaban J connectivity index is 1.56. The number of amides is 2. The number of aliphatic hydroxyl groups is 1. The third-order valence-electron chi connectivity index (χ3n) is 7.96. The lowest BCUT2D eigenvalue weighted by Crippen LogP contribution is -2.62. The number of likely N-dealkylation sites (N-methyl/N-ethyl adjacent to an activating group) is 1. The molecule has 3 aliphatic heterocycles. The second kappa shape index (κ2) is 9.39. The van der Waals surface area contributed by atoms with Crippen LogP contribution in [-0.2, 0) is 25.0 Å². The van der Waals surface area contributed by atoms with Crippen molar-refractivity contribution in [1.29, 1.82) is 0 Å². The third kappa shape index (κ3) is 3.73. The first-order valence-corrected chi connectivity index (χ1v) is 14.3. The van der Waals surface area contributed by atoms with E-state index in [1.807, 2.05) is 36.4 Å². The normalized spacial score (nSPS) is 24.0. The van der Waals surface area contributed by atoms with Crippen LogP contribution in [0.15, 0.2) is 83.8 Å². The lowest BCUT2D eigenvalue weighted by atomic mass is 9.72. The summed E-state index contributed by atoms with van der Waals surface area (Å²) >= 11 is 0. The third-order valence-corrected chi connectivity index (χ3v) is 9.74. The van der Waals surface area contributed by atoms with Gasteiger partial charge in [0.15, 0.2) is 0 Å². The van der Waals surface area contributed by atoms with Crippen LogP contribution >= 0.6 is 0 Å². The van der Waals surface area contributed by atoms with Gasteiger partial charge < -0.3 is 19.6 Å². The number of hydrogen-bond acceptors (Lipinski definition) is 6. The number of carbonyl (C=O) groups excluding carboxylic acids is 2. The minimum Gasteiger partial charge on any atom is -0.494 e. The van der Waals surface area contributed by atoms with Crippen LogP contribution in [0.5, 0.6) is 5.75 Å². The van der Waals surface area contributed by atoms with Gasteiger partial charge in [0.2, 0.25) is 11.8 Å². The monoisotopic (exact) mass is 547 g/mol. The lowest BCUT2D eigenvalue weighted by Gasteiger charge is -2.41. The highest BCUT2D eigenvalue weighted by Gasteiger charge is 2.67. The maximum Gasteiger partial charge on any atom is 0.266 e. The number of piperazine rings is 1. The fourth-order valence-corrected chi connectivity index (χ4v) is 7.97. The Morgan fingerprint density at radius 3 is 2.38 bits per heavy atom. The van der Waals surface area contributed by atoms with Crippen LogP contribution in [-0.4, -0.2) is 74.2 Å². The molecule has 202 valence electrons. The molecule has 0 bridgehead atoms. The van der Waals surface area contributed by atoms with E-state index in [1.54, 1.807) is 49.5 Å². The molecule has 0 saturated carbocycles. The number of nitrogens with zero attached hydrogens (tertiary/aromatic N) is 3. The Labute approximate surface area is 227 Å². The van der Waals surface area contributed by atoms with E-state index in [1.165, 1.54) is 14.1 Å². The average Bonchev–Trinajstić information content (AvgIpc) is 3.44. The molecule has 2 saturated heterocycles. The Morgan fingerprint density at radius 1 is 0.974 bits per heavy atom. The van der Waals surface area contributed by atoms with Crippen LogP contribution < -0.4 is 9.04 Å². The number of sulfonamides is 1. The van der Waals surface area contributed by atoms with Gasteiger partial charge in [0.05, 0.1) is 29.1 Å². The van der Waals surface area contributed by atoms with Gasteiger partial charge in [-0.2, -0.15) is 0 Å². The van der Waals surface area contributed by atoms with Crippen molar-refractivity contribution < 1.29 is 27.9 Å². The zero-order valence-electron chi connectivity index (χ0n) is 21.4. The SMILES string of the molecule is CN1CC(=O)N2[C@@H](C[C@]3(c4ccc(OCCCO)cc4)c4ccccc4N(S(=O)(=O)c4ccccc4)[C@H]23)C1=O. The summed E-state index contributed by atoms with van der Waals surface area (Å²) in [5.74, 6) is 0.115. The number of para-hydroxylation sites is 1. The number of rotatable bonds is 7. The van der Waals surface area contributed by atoms with Gasteiger partial charge in [0.1, 0.15) is 18.0 Å². The zero-order valence-corrected chi connectivity index (χ0v) is 22.3. The van der Waals surface area contributed by atoms with Gasteiger partial charge in [-0.15, -0.1) is 0 Å². The van der Waals surface area contributed by atoms with Gasteiger partial charge in [-0.05, 0) is 47.9 Å². The Morgan fingerprint density at radius 2 is 1.67 bits per heavy atom. The molecule has 0 spiro atoms. The number of aliphatic hydroxyl groups excluding tert-OH is 1. The molecule has 0 aromatic heterocycles. The highest BCUT2D eigenvalue weighted by Crippen LogP contribution is 2.59. The van der Waals surface area contributed by atoms with E-state index in [4.69, 9.17) is 9.84 Å². The predicted molar refractivity (Wildman–Crippen MR) is 144 cm³/mol. The number of ether oxygens (including phenoxy) is 1. The Kier molecular flexibility index (Phi) is 6.11. The van der Waals surface area contributed by atoms with E-state index in [9.17, 15) is 18.0 Å². The van der Waals surface area contributed by atoms with Gasteiger partial charge in [-0.3, -0.25) is 9.59 Å². The van der Waals surface area contributed by atoms with Crippen molar-refractivity contribution in [1.82, 2.24) is 9.80 Å². The molecule has 0 aliphatic carbocycles. The quantitative estimate of drug-likeness (QED) is 0.455. The molecule has 1 N–H and O–H groups in total. The van der Waals surface area contributed by atoms with Crippen molar-refractivity contribution in [3.05, 3.63) is 90.0 Å². The van der Waals surface area contributed by atoms with Crippen LogP contribution in [0.3, 0.4) is 0 Å². The number of benzene rings is 3. The van der Waals surface area contributed by atoms with E-state index < -0.39 is 27.6 Å². The summed E-state index contributed by atoms with van der Waals surface area (Å²) in [6.07, 6.45) is -0.215. The lowest BCUT2D eigenvalue weighted by molar-refractivity contribution is -0.153. The van der Waals surface area contributed by atoms with Crippen molar-refractivity contribution in [2.75, 3.05) is 31.1 Å². The number of fused-ring (bicyclic) bond motifs is 5. The number of carbonyl (C=O) groups is 2. The van der Waals surface area contributed by atoms with Gasteiger partial charge in [-0.1, -0.05) is 48.5 Å². The summed E-state index contributed by atoms with van der Waals surface area (Å²) < 4.78 is 35.7. The summed E-state index contributed by atoms with van der Waals surface area (Å²) in [5, 5.41) is 9.07. The Hall–Kier alpha value is -3.89. The van der Waals surface area contributed by atoms with Crippen molar-refractivity contribution in [3.63, 3.8) is 0 Å². The maximum absolute atomic E-state index is 14.3. The molecular weight excluding hydrogens is 518 g/mol. The zero-order chi connectivity index (χ0) is 27.4. The van der Waals surface area contributed by atoms with Gasteiger partial charge >= 0.3 is 0 Å². The molecule has 6 rings (SSSR count). The van der Waals surface area contributed by atoms with E-state index in [0.29, 0.717) is 24.5 Å². The van der Waals surface area contributed by atoms with Crippen LogP contribution in [0.4, 0.5) is 5.69 Å². The molecule has 3 aromatic rings. The minimum atomic E-state index is -4.11. The van der Waals surface area contributed by atoms with Crippen molar-refractivity contribution in [3.8, 4) is 5.75 Å². The fourth-order valence-electron chi connectivity index (χ4n) is 6.28. The first kappa shape index (κ1) is 25.4. The van der Waals surface area contributed by atoms with Crippen LogP contribution in [0.2, 0.25) is 0 Å². The summed E-state index contributed by atoms with van der Waals surface area (Å²) in [6, 6.07) is 22.0. The molecule has 3 aliphatic rings. The number of hydrogen-bond donors (Lipinski definition) is 1.